The molecule has 1 aromatic rings. The van der Waals surface area contributed by atoms with Gasteiger partial charge in [0.05, 0.1) is 19.3 Å². The molecule has 88 valence electrons. The van der Waals surface area contributed by atoms with Gasteiger partial charge in [0.2, 0.25) is 0 Å². The van der Waals surface area contributed by atoms with E-state index in [1.807, 2.05) is 18.2 Å². The summed E-state index contributed by atoms with van der Waals surface area (Å²) in [4.78, 5) is 0. The molecule has 1 heterocycles. The Morgan fingerprint density at radius 1 is 1.25 bits per heavy atom. The van der Waals surface area contributed by atoms with Gasteiger partial charge in [0.15, 0.2) is 6.29 Å². The third-order valence-electron chi connectivity index (χ3n) is 2.75. The molecule has 0 amide bonds. The number of hydrogen-bond donors (Lipinski definition) is 0. The first-order valence-corrected chi connectivity index (χ1v) is 5.68. The Morgan fingerprint density at radius 3 is 2.75 bits per heavy atom. The Kier molecular flexibility index (Phi) is 4.34. The second kappa shape index (κ2) is 5.99. The number of benzene rings is 1. The number of ether oxygens (including phenoxy) is 3. The molecule has 2 atom stereocenters. The van der Waals surface area contributed by atoms with Gasteiger partial charge in [0.1, 0.15) is 0 Å². The highest BCUT2D eigenvalue weighted by molar-refractivity contribution is 5.13. The van der Waals surface area contributed by atoms with Crippen molar-refractivity contribution in [2.45, 2.75) is 31.8 Å². The van der Waals surface area contributed by atoms with Crippen LogP contribution in [-0.4, -0.2) is 26.1 Å². The molecular weight excluding hydrogens is 204 g/mol. The molecule has 3 nitrogen and oxygen atoms in total. The molecule has 0 saturated carbocycles. The minimum absolute atomic E-state index is 0.0367. The van der Waals surface area contributed by atoms with Crippen LogP contribution in [0.3, 0.4) is 0 Å². The lowest BCUT2D eigenvalue weighted by molar-refractivity contribution is -0.129. The Balaban J connectivity index is 1.65. The van der Waals surface area contributed by atoms with Gasteiger partial charge >= 0.3 is 0 Å². The van der Waals surface area contributed by atoms with Crippen LogP contribution in [0.15, 0.2) is 30.3 Å². The number of hydrogen-bond acceptors (Lipinski definition) is 3. The summed E-state index contributed by atoms with van der Waals surface area (Å²) in [5.74, 6) is 0. The van der Waals surface area contributed by atoms with Crippen LogP contribution >= 0.6 is 0 Å². The molecule has 1 aliphatic rings. The predicted octanol–water partition coefficient (Wildman–Crippen LogP) is 2.35. The molecule has 16 heavy (non-hydrogen) atoms. The normalized spacial score (nSPS) is 24.8. The Bertz CT molecular complexity index is 299. The standard InChI is InChI=1S/C13H18O3/c1-14-13-8-7-12(16-13)10-15-9-11-5-3-2-4-6-11/h2-6,12-13H,7-10H2,1H3/t12-,13?/m0/s1. The summed E-state index contributed by atoms with van der Waals surface area (Å²) < 4.78 is 16.3. The van der Waals surface area contributed by atoms with Crippen molar-refractivity contribution in [2.24, 2.45) is 0 Å². The van der Waals surface area contributed by atoms with Crippen molar-refractivity contribution < 1.29 is 14.2 Å². The van der Waals surface area contributed by atoms with Crippen LogP contribution in [-0.2, 0) is 20.8 Å². The van der Waals surface area contributed by atoms with Crippen LogP contribution in [0.25, 0.3) is 0 Å². The van der Waals surface area contributed by atoms with E-state index in [-0.39, 0.29) is 12.4 Å². The monoisotopic (exact) mass is 222 g/mol. The van der Waals surface area contributed by atoms with E-state index in [1.165, 1.54) is 5.56 Å². The first-order valence-electron chi connectivity index (χ1n) is 5.68. The summed E-state index contributed by atoms with van der Waals surface area (Å²) in [5.41, 5.74) is 1.20. The molecule has 1 fully saturated rings. The molecule has 2 rings (SSSR count). The van der Waals surface area contributed by atoms with Crippen LogP contribution in [0.5, 0.6) is 0 Å². The lowest BCUT2D eigenvalue weighted by Crippen LogP contribution is -2.17. The molecule has 0 bridgehead atoms. The van der Waals surface area contributed by atoms with E-state index in [9.17, 15) is 0 Å². The highest BCUT2D eigenvalue weighted by Crippen LogP contribution is 2.20. The largest absolute Gasteiger partial charge is 0.374 e. The minimum Gasteiger partial charge on any atom is -0.374 e. The third kappa shape index (κ3) is 3.30. The van der Waals surface area contributed by atoms with E-state index in [4.69, 9.17) is 14.2 Å². The van der Waals surface area contributed by atoms with E-state index in [1.54, 1.807) is 7.11 Å². The zero-order chi connectivity index (χ0) is 11.2. The summed E-state index contributed by atoms with van der Waals surface area (Å²) in [5, 5.41) is 0. The lowest BCUT2D eigenvalue weighted by atomic mass is 10.2. The van der Waals surface area contributed by atoms with Gasteiger partial charge in [0, 0.05) is 13.5 Å². The van der Waals surface area contributed by atoms with Gasteiger partial charge in [0.25, 0.3) is 0 Å². The fourth-order valence-corrected chi connectivity index (χ4v) is 1.85. The second-order valence-electron chi connectivity index (χ2n) is 4.00. The molecule has 1 unspecified atom stereocenters. The van der Waals surface area contributed by atoms with E-state index in [0.29, 0.717) is 13.2 Å². The van der Waals surface area contributed by atoms with E-state index in [2.05, 4.69) is 12.1 Å². The fourth-order valence-electron chi connectivity index (χ4n) is 1.85. The summed E-state index contributed by atoms with van der Waals surface area (Å²) in [6.45, 7) is 1.30. The maximum atomic E-state index is 5.62. The quantitative estimate of drug-likeness (QED) is 0.765. The van der Waals surface area contributed by atoms with Crippen molar-refractivity contribution >= 4 is 0 Å². The fraction of sp³-hybridized carbons (Fsp3) is 0.538. The molecule has 1 aliphatic heterocycles. The predicted molar refractivity (Wildman–Crippen MR) is 61.0 cm³/mol. The van der Waals surface area contributed by atoms with E-state index < -0.39 is 0 Å². The van der Waals surface area contributed by atoms with Crippen molar-refractivity contribution in [3.8, 4) is 0 Å². The third-order valence-corrected chi connectivity index (χ3v) is 2.75. The summed E-state index contributed by atoms with van der Waals surface area (Å²) in [6, 6.07) is 10.2. The van der Waals surface area contributed by atoms with Crippen LogP contribution in [0.2, 0.25) is 0 Å². The van der Waals surface area contributed by atoms with Gasteiger partial charge in [-0.3, -0.25) is 0 Å². The van der Waals surface area contributed by atoms with Gasteiger partial charge in [-0.15, -0.1) is 0 Å². The average molecular weight is 222 g/mol. The van der Waals surface area contributed by atoms with Crippen molar-refractivity contribution in [1.82, 2.24) is 0 Å². The maximum Gasteiger partial charge on any atom is 0.157 e. The molecule has 0 spiro atoms. The molecule has 1 aromatic carbocycles. The highest BCUT2D eigenvalue weighted by atomic mass is 16.7. The molecule has 0 aliphatic carbocycles. The first kappa shape index (κ1) is 11.6. The van der Waals surface area contributed by atoms with Crippen LogP contribution in [0, 0.1) is 0 Å². The zero-order valence-corrected chi connectivity index (χ0v) is 9.59. The van der Waals surface area contributed by atoms with E-state index in [0.717, 1.165) is 12.8 Å². The van der Waals surface area contributed by atoms with Gasteiger partial charge in [-0.05, 0) is 12.0 Å². The second-order valence-corrected chi connectivity index (χ2v) is 4.00. The Morgan fingerprint density at radius 2 is 2.06 bits per heavy atom. The number of methoxy groups -OCH3 is 1. The van der Waals surface area contributed by atoms with Crippen molar-refractivity contribution in [3.05, 3.63) is 35.9 Å². The van der Waals surface area contributed by atoms with Crippen molar-refractivity contribution in [2.75, 3.05) is 13.7 Å². The first-order chi connectivity index (χ1) is 7.88. The van der Waals surface area contributed by atoms with Gasteiger partial charge in [-0.25, -0.2) is 0 Å². The Hall–Kier alpha value is -0.900. The molecule has 1 saturated heterocycles. The van der Waals surface area contributed by atoms with Gasteiger partial charge < -0.3 is 14.2 Å². The maximum absolute atomic E-state index is 5.62. The zero-order valence-electron chi connectivity index (χ0n) is 9.59. The SMILES string of the molecule is COC1CC[C@@H](COCc2ccccc2)O1. The van der Waals surface area contributed by atoms with Crippen molar-refractivity contribution in [1.29, 1.82) is 0 Å². The molecule has 0 radical (unpaired) electrons. The van der Waals surface area contributed by atoms with E-state index >= 15 is 0 Å². The smallest absolute Gasteiger partial charge is 0.157 e. The summed E-state index contributed by atoms with van der Waals surface area (Å²) in [6.07, 6.45) is 2.14. The van der Waals surface area contributed by atoms with Gasteiger partial charge in [-0.1, -0.05) is 30.3 Å². The van der Waals surface area contributed by atoms with Crippen molar-refractivity contribution in [3.63, 3.8) is 0 Å². The summed E-state index contributed by atoms with van der Waals surface area (Å²) in [7, 11) is 1.68. The van der Waals surface area contributed by atoms with Crippen LogP contribution in [0.4, 0.5) is 0 Å². The van der Waals surface area contributed by atoms with Gasteiger partial charge in [-0.2, -0.15) is 0 Å². The molecule has 0 N–H and O–H groups in total. The summed E-state index contributed by atoms with van der Waals surface area (Å²) >= 11 is 0. The average Bonchev–Trinajstić information content (AvgIpc) is 2.78. The molecular formula is C13H18O3. The molecule has 0 aromatic heterocycles. The lowest BCUT2D eigenvalue weighted by Gasteiger charge is -2.12. The number of rotatable bonds is 5. The highest BCUT2D eigenvalue weighted by Gasteiger charge is 2.24. The minimum atomic E-state index is -0.0367. The molecule has 3 heteroatoms. The van der Waals surface area contributed by atoms with Crippen LogP contribution in [0.1, 0.15) is 18.4 Å². The van der Waals surface area contributed by atoms with Crippen LogP contribution < -0.4 is 0 Å². The Labute approximate surface area is 96.3 Å². The topological polar surface area (TPSA) is 27.7 Å².